The van der Waals surface area contributed by atoms with Crippen LogP contribution < -0.4 is 10.5 Å². The first-order valence-electron chi connectivity index (χ1n) is 12.2. The number of anilines is 1. The molecule has 0 bridgehead atoms. The number of aromatic nitrogens is 1. The van der Waals surface area contributed by atoms with Crippen molar-refractivity contribution >= 4 is 32.2 Å². The van der Waals surface area contributed by atoms with Crippen molar-refractivity contribution in [1.29, 1.82) is 0 Å². The van der Waals surface area contributed by atoms with Gasteiger partial charge in [0.25, 0.3) is 11.2 Å². The normalized spacial score (nSPS) is 18.1. The van der Waals surface area contributed by atoms with Crippen LogP contribution in [0.3, 0.4) is 0 Å². The average Bonchev–Trinajstić information content (AvgIpc) is 3.24. The van der Waals surface area contributed by atoms with E-state index in [9.17, 15) is 45.6 Å². The van der Waals surface area contributed by atoms with E-state index < -0.39 is 50.9 Å². The van der Waals surface area contributed by atoms with Gasteiger partial charge in [-0.15, -0.1) is 0 Å². The van der Waals surface area contributed by atoms with Crippen molar-refractivity contribution in [2.45, 2.75) is 38.2 Å². The second kappa shape index (κ2) is 9.94. The number of piperidine rings is 1. The van der Waals surface area contributed by atoms with Crippen LogP contribution in [0.5, 0.6) is 0 Å². The Bertz CT molecular complexity index is 1530. The van der Waals surface area contributed by atoms with Crippen molar-refractivity contribution in [3.05, 3.63) is 73.3 Å². The Hall–Kier alpha value is -3.33. The zero-order valence-electron chi connectivity index (χ0n) is 20.6. The molecule has 0 radical (unpaired) electrons. The van der Waals surface area contributed by atoms with Gasteiger partial charge in [-0.25, -0.2) is 4.39 Å². The molecule has 2 saturated heterocycles. The molecule has 214 valence electrons. The Morgan fingerprint density at radius 3 is 2.27 bits per heavy atom. The van der Waals surface area contributed by atoms with Gasteiger partial charge >= 0.3 is 12.4 Å². The Balaban J connectivity index is 1.30. The highest BCUT2D eigenvalue weighted by atomic mass is 32.1. The maximum atomic E-state index is 14.0. The number of halogens is 7. The van der Waals surface area contributed by atoms with E-state index >= 15 is 0 Å². The van der Waals surface area contributed by atoms with Gasteiger partial charge in [-0.05, 0) is 55.0 Å². The number of non-ortho nitro benzene ring substituents is 1. The summed E-state index contributed by atoms with van der Waals surface area (Å²) < 4.78 is 92.0. The number of rotatable bonds is 4. The zero-order valence-corrected chi connectivity index (χ0v) is 21.4. The van der Waals surface area contributed by atoms with Crippen molar-refractivity contribution < 1.29 is 35.7 Å². The Labute approximate surface area is 226 Å². The third kappa shape index (κ3) is 5.48. The minimum atomic E-state index is -4.87. The lowest BCUT2D eigenvalue weighted by Gasteiger charge is -2.39. The highest BCUT2D eigenvalue weighted by Crippen LogP contribution is 2.43. The smallest absolute Gasteiger partial charge is 0.348 e. The molecule has 0 amide bonds. The fraction of sp³-hybridized carbons (Fsp3) is 0.440. The van der Waals surface area contributed by atoms with E-state index in [0.29, 0.717) is 56.7 Å². The summed E-state index contributed by atoms with van der Waals surface area (Å²) in [6.45, 7) is 2.49. The second-order valence-corrected chi connectivity index (χ2v) is 11.2. The van der Waals surface area contributed by atoms with Crippen LogP contribution in [0.2, 0.25) is 0 Å². The van der Waals surface area contributed by atoms with Crippen molar-refractivity contribution in [2.24, 2.45) is 5.41 Å². The van der Waals surface area contributed by atoms with Gasteiger partial charge in [0.15, 0.2) is 5.13 Å². The third-order valence-corrected chi connectivity index (χ3v) is 8.74. The lowest BCUT2D eigenvalue weighted by atomic mass is 9.78. The molecule has 2 aliphatic heterocycles. The summed E-state index contributed by atoms with van der Waals surface area (Å²) in [5.74, 6) is -1.32. The molecular weight excluding hydrogens is 569 g/mol. The van der Waals surface area contributed by atoms with Crippen molar-refractivity contribution in [1.82, 2.24) is 9.88 Å². The van der Waals surface area contributed by atoms with Crippen LogP contribution in [0.15, 0.2) is 35.1 Å². The summed E-state index contributed by atoms with van der Waals surface area (Å²) in [4.78, 5) is 31.0. The number of nitro benzene ring substituents is 1. The minimum Gasteiger partial charge on any atom is -0.348 e. The first kappa shape index (κ1) is 28.2. The fourth-order valence-corrected chi connectivity index (χ4v) is 6.58. The SMILES string of the molecule is O=c1nc(N2CCC3(CCN(Cc4ccc(C(F)(F)F)c(F)c4)C3)CC2)sc2c([N+](=O)[O-])cc(C(F)(F)F)cc12. The van der Waals surface area contributed by atoms with E-state index in [-0.39, 0.29) is 21.8 Å². The molecule has 2 fully saturated rings. The first-order valence-corrected chi connectivity index (χ1v) is 13.0. The molecule has 0 aliphatic carbocycles. The summed E-state index contributed by atoms with van der Waals surface area (Å²) in [5.41, 5.74) is -4.08. The minimum absolute atomic E-state index is 0.115. The van der Waals surface area contributed by atoms with Gasteiger partial charge in [-0.2, -0.15) is 31.3 Å². The molecule has 1 aromatic heterocycles. The van der Waals surface area contributed by atoms with Gasteiger partial charge < -0.3 is 4.90 Å². The summed E-state index contributed by atoms with van der Waals surface area (Å²) in [5, 5.41) is 11.3. The van der Waals surface area contributed by atoms with E-state index in [1.165, 1.54) is 6.07 Å². The molecule has 0 N–H and O–H groups in total. The third-order valence-electron chi connectivity index (χ3n) is 7.57. The number of hydrogen-bond donors (Lipinski definition) is 0. The molecule has 0 unspecified atom stereocenters. The Morgan fingerprint density at radius 1 is 1.00 bits per heavy atom. The molecule has 40 heavy (non-hydrogen) atoms. The molecule has 0 saturated carbocycles. The lowest BCUT2D eigenvalue weighted by molar-refractivity contribution is -0.383. The predicted molar refractivity (Wildman–Crippen MR) is 133 cm³/mol. The van der Waals surface area contributed by atoms with Gasteiger partial charge in [-0.1, -0.05) is 17.4 Å². The number of fused-ring (bicyclic) bond motifs is 1. The molecular formula is C25H21F7N4O3S. The lowest BCUT2D eigenvalue weighted by Crippen LogP contribution is -2.42. The van der Waals surface area contributed by atoms with Crippen LogP contribution >= 0.6 is 11.3 Å². The number of hydrogen-bond acceptors (Lipinski definition) is 7. The van der Waals surface area contributed by atoms with E-state index in [4.69, 9.17) is 0 Å². The van der Waals surface area contributed by atoms with Crippen LogP contribution in [0.1, 0.15) is 36.0 Å². The van der Waals surface area contributed by atoms with Crippen LogP contribution in [0, 0.1) is 21.3 Å². The van der Waals surface area contributed by atoms with Gasteiger partial charge in [-0.3, -0.25) is 19.8 Å². The molecule has 5 rings (SSSR count). The van der Waals surface area contributed by atoms with Gasteiger partial charge in [0.05, 0.1) is 21.4 Å². The van der Waals surface area contributed by atoms with Crippen LogP contribution in [-0.4, -0.2) is 41.0 Å². The van der Waals surface area contributed by atoms with E-state index in [1.54, 1.807) is 4.90 Å². The van der Waals surface area contributed by atoms with Crippen molar-refractivity contribution in [2.75, 3.05) is 31.1 Å². The van der Waals surface area contributed by atoms with Crippen molar-refractivity contribution in [3.63, 3.8) is 0 Å². The maximum absolute atomic E-state index is 14.0. The summed E-state index contributed by atoms with van der Waals surface area (Å²) in [7, 11) is 0. The quantitative estimate of drug-likeness (QED) is 0.204. The summed E-state index contributed by atoms with van der Waals surface area (Å²) >= 11 is 0.799. The topological polar surface area (TPSA) is 79.6 Å². The van der Waals surface area contributed by atoms with Gasteiger partial charge in [0, 0.05) is 32.2 Å². The van der Waals surface area contributed by atoms with Crippen LogP contribution in [-0.2, 0) is 18.9 Å². The summed E-state index contributed by atoms with van der Waals surface area (Å²) in [6, 6.07) is 3.91. The highest BCUT2D eigenvalue weighted by molar-refractivity contribution is 7.22. The number of nitro groups is 1. The number of likely N-dealkylation sites (tertiary alicyclic amines) is 1. The second-order valence-electron chi connectivity index (χ2n) is 10.2. The molecule has 7 nitrogen and oxygen atoms in total. The van der Waals surface area contributed by atoms with E-state index in [1.807, 2.05) is 4.90 Å². The Morgan fingerprint density at radius 2 is 1.68 bits per heavy atom. The van der Waals surface area contributed by atoms with Crippen LogP contribution in [0.25, 0.3) is 10.1 Å². The molecule has 15 heteroatoms. The molecule has 3 aromatic rings. The number of benzene rings is 2. The number of nitrogens with zero attached hydrogens (tertiary/aromatic N) is 4. The van der Waals surface area contributed by atoms with E-state index in [0.717, 1.165) is 29.9 Å². The molecule has 1 spiro atoms. The zero-order chi connectivity index (χ0) is 29.0. The highest BCUT2D eigenvalue weighted by Gasteiger charge is 2.41. The maximum Gasteiger partial charge on any atom is 0.419 e. The standard InChI is InChI=1S/C25H21F7N4O3S/c26-18-9-14(1-2-17(18)25(30,31)32)12-34-6-3-23(13-34)4-7-35(8-5-23)22-33-21(37)16-10-15(24(27,28)29)11-19(36(38)39)20(16)40-22/h1-2,9-11H,3-8,12-13H2. The van der Waals surface area contributed by atoms with E-state index in [2.05, 4.69) is 4.98 Å². The Kier molecular flexibility index (Phi) is 7.01. The molecule has 0 atom stereocenters. The average molecular weight is 591 g/mol. The molecule has 2 aliphatic rings. The van der Waals surface area contributed by atoms with Crippen LogP contribution in [0.4, 0.5) is 41.6 Å². The van der Waals surface area contributed by atoms with Gasteiger partial charge in [0.2, 0.25) is 0 Å². The fourth-order valence-electron chi connectivity index (χ4n) is 5.46. The number of alkyl halides is 6. The van der Waals surface area contributed by atoms with Gasteiger partial charge in [0.1, 0.15) is 10.5 Å². The van der Waals surface area contributed by atoms with Crippen molar-refractivity contribution in [3.8, 4) is 0 Å². The molecule has 2 aromatic carbocycles. The molecule has 3 heterocycles. The predicted octanol–water partition coefficient (Wildman–Crippen LogP) is 6.23. The largest absolute Gasteiger partial charge is 0.419 e. The summed E-state index contributed by atoms with van der Waals surface area (Å²) in [6.07, 6.45) is -7.50. The monoisotopic (exact) mass is 590 g/mol. The first-order chi connectivity index (χ1) is 18.6.